The third kappa shape index (κ3) is 3.37. The monoisotopic (exact) mass is 313 g/mol. The summed E-state index contributed by atoms with van der Waals surface area (Å²) in [6.45, 7) is 2.25. The van der Waals surface area contributed by atoms with E-state index in [2.05, 4.69) is 14.7 Å². The number of para-hydroxylation sites is 2. The summed E-state index contributed by atoms with van der Waals surface area (Å²) >= 11 is 5.53. The molecule has 2 rings (SSSR count). The first-order chi connectivity index (χ1) is 9.53. The van der Waals surface area contributed by atoms with Crippen molar-refractivity contribution in [3.8, 4) is 5.75 Å². The smallest absolute Gasteiger partial charge is 0.265 e. The van der Waals surface area contributed by atoms with Gasteiger partial charge in [0.05, 0.1) is 24.7 Å². The highest BCUT2D eigenvalue weighted by Gasteiger charge is 2.17. The molecule has 6 nitrogen and oxygen atoms in total. The molecule has 1 aromatic carbocycles. The maximum Gasteiger partial charge on any atom is 0.265 e. The van der Waals surface area contributed by atoms with Crippen LogP contribution >= 0.6 is 11.6 Å². The molecule has 106 valence electrons. The van der Waals surface area contributed by atoms with Gasteiger partial charge in [-0.1, -0.05) is 12.1 Å². The number of halogens is 1. The summed E-state index contributed by atoms with van der Waals surface area (Å²) in [6, 6.07) is 6.76. The molecule has 0 radical (unpaired) electrons. The molecule has 2 aromatic rings. The van der Waals surface area contributed by atoms with Gasteiger partial charge in [0, 0.05) is 0 Å². The van der Waals surface area contributed by atoms with Crippen molar-refractivity contribution in [1.82, 2.24) is 9.97 Å². The van der Waals surface area contributed by atoms with Crippen LogP contribution in [-0.4, -0.2) is 25.0 Å². The van der Waals surface area contributed by atoms with Crippen molar-refractivity contribution < 1.29 is 13.2 Å². The highest BCUT2D eigenvalue weighted by molar-refractivity contribution is 7.92. The van der Waals surface area contributed by atoms with Crippen LogP contribution in [-0.2, 0) is 10.0 Å². The van der Waals surface area contributed by atoms with Crippen LogP contribution < -0.4 is 9.46 Å². The SMILES string of the molecule is CCOc1ccccc1NS(=O)(=O)c1cnc(Cl)nc1. The van der Waals surface area contributed by atoms with Crippen LogP contribution in [0.4, 0.5) is 5.69 Å². The number of rotatable bonds is 5. The first-order valence-corrected chi connectivity index (χ1v) is 7.61. The molecule has 0 aliphatic heterocycles. The molecule has 1 N–H and O–H groups in total. The van der Waals surface area contributed by atoms with Gasteiger partial charge < -0.3 is 4.74 Å². The zero-order valence-corrected chi connectivity index (χ0v) is 12.1. The summed E-state index contributed by atoms with van der Waals surface area (Å²) in [7, 11) is -3.78. The zero-order valence-electron chi connectivity index (χ0n) is 10.6. The number of anilines is 1. The third-order valence-corrected chi connectivity index (χ3v) is 3.85. The van der Waals surface area contributed by atoms with Gasteiger partial charge >= 0.3 is 0 Å². The van der Waals surface area contributed by atoms with Gasteiger partial charge in [-0.3, -0.25) is 4.72 Å². The molecule has 0 bridgehead atoms. The predicted octanol–water partition coefficient (Wildman–Crippen LogP) is 2.33. The molecule has 0 spiro atoms. The first kappa shape index (κ1) is 14.5. The van der Waals surface area contributed by atoms with Gasteiger partial charge in [-0.25, -0.2) is 18.4 Å². The molecule has 0 saturated heterocycles. The zero-order chi connectivity index (χ0) is 14.6. The number of hydrogen-bond donors (Lipinski definition) is 1. The Kier molecular flexibility index (Phi) is 4.41. The second-order valence-electron chi connectivity index (χ2n) is 3.72. The molecule has 0 saturated carbocycles. The highest BCUT2D eigenvalue weighted by Crippen LogP contribution is 2.26. The van der Waals surface area contributed by atoms with E-state index in [0.29, 0.717) is 18.0 Å². The first-order valence-electron chi connectivity index (χ1n) is 5.75. The second kappa shape index (κ2) is 6.06. The summed E-state index contributed by atoms with van der Waals surface area (Å²) < 4.78 is 32.1. The summed E-state index contributed by atoms with van der Waals surface area (Å²) in [5, 5.41) is -0.0151. The minimum Gasteiger partial charge on any atom is -0.492 e. The van der Waals surface area contributed by atoms with Gasteiger partial charge in [0.2, 0.25) is 5.28 Å². The number of benzene rings is 1. The number of aromatic nitrogens is 2. The average molecular weight is 314 g/mol. The van der Waals surface area contributed by atoms with Crippen molar-refractivity contribution >= 4 is 27.3 Å². The van der Waals surface area contributed by atoms with Gasteiger partial charge in [-0.15, -0.1) is 0 Å². The van der Waals surface area contributed by atoms with Crippen molar-refractivity contribution in [2.45, 2.75) is 11.8 Å². The van der Waals surface area contributed by atoms with Crippen LogP contribution in [0.15, 0.2) is 41.6 Å². The lowest BCUT2D eigenvalue weighted by Gasteiger charge is -2.12. The molecule has 1 heterocycles. The Morgan fingerprint density at radius 1 is 1.25 bits per heavy atom. The molecule has 1 aromatic heterocycles. The van der Waals surface area contributed by atoms with Crippen LogP contribution in [0, 0.1) is 0 Å². The number of hydrogen-bond acceptors (Lipinski definition) is 5. The van der Waals surface area contributed by atoms with Crippen LogP contribution in [0.5, 0.6) is 5.75 Å². The van der Waals surface area contributed by atoms with Gasteiger partial charge in [-0.05, 0) is 30.7 Å². The van der Waals surface area contributed by atoms with E-state index in [0.717, 1.165) is 12.4 Å². The summed E-state index contributed by atoms with van der Waals surface area (Å²) in [6.07, 6.45) is 2.28. The van der Waals surface area contributed by atoms with E-state index in [1.165, 1.54) is 0 Å². The number of sulfonamides is 1. The van der Waals surface area contributed by atoms with Gasteiger partial charge in [0.15, 0.2) is 0 Å². The topological polar surface area (TPSA) is 81.2 Å². The van der Waals surface area contributed by atoms with Gasteiger partial charge in [0.25, 0.3) is 10.0 Å². The molecule has 0 atom stereocenters. The molecule has 0 amide bonds. The molecule has 20 heavy (non-hydrogen) atoms. The third-order valence-electron chi connectivity index (χ3n) is 2.34. The normalized spacial score (nSPS) is 11.1. The minimum absolute atomic E-state index is 0.0151. The summed E-state index contributed by atoms with van der Waals surface area (Å²) in [4.78, 5) is 7.22. The average Bonchev–Trinajstić information content (AvgIpc) is 2.41. The van der Waals surface area contributed by atoms with Gasteiger partial charge in [-0.2, -0.15) is 0 Å². The fourth-order valence-corrected chi connectivity index (χ4v) is 2.53. The molecule has 0 aliphatic carbocycles. The van der Waals surface area contributed by atoms with E-state index in [1.807, 2.05) is 6.92 Å². The van der Waals surface area contributed by atoms with E-state index < -0.39 is 10.0 Å². The molecule has 0 unspecified atom stereocenters. The lowest BCUT2D eigenvalue weighted by Crippen LogP contribution is -2.14. The highest BCUT2D eigenvalue weighted by atomic mass is 35.5. The Morgan fingerprint density at radius 3 is 2.55 bits per heavy atom. The lowest BCUT2D eigenvalue weighted by atomic mass is 10.3. The molecular formula is C12H12ClN3O3S. The lowest BCUT2D eigenvalue weighted by molar-refractivity contribution is 0.342. The van der Waals surface area contributed by atoms with E-state index in [-0.39, 0.29) is 10.2 Å². The maximum absolute atomic E-state index is 12.2. The van der Waals surface area contributed by atoms with E-state index >= 15 is 0 Å². The Bertz CT molecular complexity index is 689. The molecular weight excluding hydrogens is 302 g/mol. The quantitative estimate of drug-likeness (QED) is 0.857. The Labute approximate surface area is 121 Å². The van der Waals surface area contributed by atoms with Crippen LogP contribution in [0.25, 0.3) is 0 Å². The number of nitrogens with one attached hydrogen (secondary N) is 1. The molecule has 0 fully saturated rings. The van der Waals surface area contributed by atoms with Crippen molar-refractivity contribution in [1.29, 1.82) is 0 Å². The minimum atomic E-state index is -3.78. The largest absolute Gasteiger partial charge is 0.492 e. The number of nitrogens with zero attached hydrogens (tertiary/aromatic N) is 2. The summed E-state index contributed by atoms with van der Waals surface area (Å²) in [5.74, 6) is 0.452. The van der Waals surface area contributed by atoms with Crippen LogP contribution in [0.3, 0.4) is 0 Å². The molecule has 0 aliphatic rings. The van der Waals surface area contributed by atoms with Crippen LogP contribution in [0.1, 0.15) is 6.92 Å². The van der Waals surface area contributed by atoms with Crippen molar-refractivity contribution in [2.24, 2.45) is 0 Å². The standard InChI is InChI=1S/C12H12ClN3O3S/c1-2-19-11-6-4-3-5-10(11)16-20(17,18)9-7-14-12(13)15-8-9/h3-8,16H,2H2,1H3. The van der Waals surface area contributed by atoms with Crippen LogP contribution in [0.2, 0.25) is 5.28 Å². The van der Waals surface area contributed by atoms with E-state index in [1.54, 1.807) is 24.3 Å². The van der Waals surface area contributed by atoms with E-state index in [9.17, 15) is 8.42 Å². The van der Waals surface area contributed by atoms with Crippen molar-refractivity contribution in [3.63, 3.8) is 0 Å². The summed E-state index contributed by atoms with van der Waals surface area (Å²) in [5.41, 5.74) is 0.351. The van der Waals surface area contributed by atoms with Crippen molar-refractivity contribution in [3.05, 3.63) is 41.9 Å². The number of ether oxygens (including phenoxy) is 1. The van der Waals surface area contributed by atoms with Gasteiger partial charge in [0.1, 0.15) is 10.6 Å². The Hall–Kier alpha value is -1.86. The maximum atomic E-state index is 12.2. The Morgan fingerprint density at radius 2 is 1.90 bits per heavy atom. The fourth-order valence-electron chi connectivity index (χ4n) is 1.48. The predicted molar refractivity (Wildman–Crippen MR) is 75.5 cm³/mol. The van der Waals surface area contributed by atoms with Crippen molar-refractivity contribution in [2.75, 3.05) is 11.3 Å². The second-order valence-corrected chi connectivity index (χ2v) is 5.74. The van der Waals surface area contributed by atoms with E-state index in [4.69, 9.17) is 16.3 Å². The molecule has 8 heteroatoms. The fraction of sp³-hybridized carbons (Fsp3) is 0.167. The Balaban J connectivity index is 2.31.